The number of anilines is 1. The molecule has 1 N–H and O–H groups in total. The predicted molar refractivity (Wildman–Crippen MR) is 113 cm³/mol. The highest BCUT2D eigenvalue weighted by Gasteiger charge is 2.20. The molecule has 1 aliphatic heterocycles. The zero-order valence-corrected chi connectivity index (χ0v) is 16.5. The molecule has 3 aromatic rings. The normalized spacial score (nSPS) is 15.5. The van der Waals surface area contributed by atoms with Crippen LogP contribution in [0.1, 0.15) is 11.3 Å². The Morgan fingerprint density at radius 3 is 2.55 bits per heavy atom. The first-order valence-electron chi connectivity index (χ1n) is 9.86. The fourth-order valence-electron chi connectivity index (χ4n) is 3.62. The van der Waals surface area contributed by atoms with Gasteiger partial charge in [-0.15, -0.1) is 0 Å². The number of benzene rings is 1. The number of carbonyl (C=O) groups excluding carboxylic acids is 1. The van der Waals surface area contributed by atoms with Gasteiger partial charge < -0.3 is 5.32 Å². The summed E-state index contributed by atoms with van der Waals surface area (Å²) in [5.41, 5.74) is 3.32. The zero-order chi connectivity index (χ0) is 20.2. The summed E-state index contributed by atoms with van der Waals surface area (Å²) in [5.74, 6) is 0.0111. The van der Waals surface area contributed by atoms with E-state index in [4.69, 9.17) is 0 Å². The maximum Gasteiger partial charge on any atom is 0.258 e. The Bertz CT molecular complexity index is 1070. The molecule has 0 unspecified atom stereocenters. The lowest BCUT2D eigenvalue weighted by Crippen LogP contribution is -2.48. The van der Waals surface area contributed by atoms with Crippen molar-refractivity contribution in [3.8, 4) is 0 Å². The maximum atomic E-state index is 12.4. The van der Waals surface area contributed by atoms with Crippen LogP contribution in [0.4, 0.5) is 5.69 Å². The minimum absolute atomic E-state index is 0.0111. The van der Waals surface area contributed by atoms with Crippen LogP contribution in [0.15, 0.2) is 59.5 Å². The van der Waals surface area contributed by atoms with E-state index < -0.39 is 0 Å². The molecule has 1 fully saturated rings. The lowest BCUT2D eigenvalue weighted by molar-refractivity contribution is -0.117. The number of amides is 1. The topological polar surface area (TPSA) is 70.0 Å². The second kappa shape index (κ2) is 8.55. The van der Waals surface area contributed by atoms with E-state index in [0.29, 0.717) is 18.7 Å². The molecule has 29 heavy (non-hydrogen) atoms. The largest absolute Gasteiger partial charge is 0.325 e. The van der Waals surface area contributed by atoms with Gasteiger partial charge in [0, 0.05) is 50.7 Å². The van der Waals surface area contributed by atoms with Gasteiger partial charge in [-0.2, -0.15) is 0 Å². The third-order valence-electron chi connectivity index (χ3n) is 5.26. The second-order valence-electron chi connectivity index (χ2n) is 7.43. The van der Waals surface area contributed by atoms with Crippen LogP contribution in [-0.4, -0.2) is 57.8 Å². The molecule has 0 saturated carbocycles. The van der Waals surface area contributed by atoms with Crippen LogP contribution >= 0.6 is 0 Å². The molecule has 0 atom stereocenters. The van der Waals surface area contributed by atoms with Crippen molar-refractivity contribution in [2.75, 3.05) is 38.0 Å². The van der Waals surface area contributed by atoms with Crippen LogP contribution in [0.5, 0.6) is 0 Å². The quantitative estimate of drug-likeness (QED) is 0.718. The van der Waals surface area contributed by atoms with Gasteiger partial charge in [0.15, 0.2) is 0 Å². The number of fused-ring (bicyclic) bond motifs is 1. The van der Waals surface area contributed by atoms with Gasteiger partial charge in [-0.3, -0.25) is 23.8 Å². The second-order valence-corrected chi connectivity index (χ2v) is 7.43. The molecule has 7 nitrogen and oxygen atoms in total. The van der Waals surface area contributed by atoms with Crippen molar-refractivity contribution in [3.05, 3.63) is 76.3 Å². The van der Waals surface area contributed by atoms with Gasteiger partial charge >= 0.3 is 0 Å². The first kappa shape index (κ1) is 19.3. The molecule has 1 aliphatic rings. The molecule has 4 rings (SSSR count). The number of para-hydroxylation sites is 1. The van der Waals surface area contributed by atoms with Gasteiger partial charge in [0.2, 0.25) is 5.91 Å². The summed E-state index contributed by atoms with van der Waals surface area (Å²) in [6.45, 7) is 6.32. The van der Waals surface area contributed by atoms with Crippen LogP contribution in [-0.2, 0) is 11.3 Å². The molecule has 1 saturated heterocycles. The Labute approximate surface area is 169 Å². The number of hydrogen-bond acceptors (Lipinski definition) is 5. The maximum absolute atomic E-state index is 12.4. The Hall–Kier alpha value is -3.03. The number of aromatic nitrogens is 2. The van der Waals surface area contributed by atoms with E-state index in [1.807, 2.05) is 49.4 Å². The van der Waals surface area contributed by atoms with Crippen molar-refractivity contribution in [2.45, 2.75) is 13.5 Å². The Morgan fingerprint density at radius 1 is 1.03 bits per heavy atom. The average molecular weight is 391 g/mol. The Morgan fingerprint density at radius 2 is 1.76 bits per heavy atom. The van der Waals surface area contributed by atoms with Crippen molar-refractivity contribution in [1.82, 2.24) is 19.2 Å². The fourth-order valence-corrected chi connectivity index (χ4v) is 3.62. The highest BCUT2D eigenvalue weighted by Crippen LogP contribution is 2.13. The Balaban J connectivity index is 1.30. The molecule has 1 amide bonds. The standard InChI is InChI=1S/C22H25N5O2/c1-17-6-2-3-7-19(17)24-21(28)16-26-12-10-25(11-13-26)15-18-14-22(29)27-9-5-4-8-20(27)23-18/h2-9,14H,10-13,15-16H2,1H3,(H,24,28). The third-order valence-corrected chi connectivity index (χ3v) is 5.26. The van der Waals surface area contributed by atoms with Crippen molar-refractivity contribution in [3.63, 3.8) is 0 Å². The highest BCUT2D eigenvalue weighted by atomic mass is 16.2. The molecule has 0 spiro atoms. The molecule has 7 heteroatoms. The highest BCUT2D eigenvalue weighted by molar-refractivity contribution is 5.92. The average Bonchev–Trinajstić information content (AvgIpc) is 2.71. The SMILES string of the molecule is Cc1ccccc1NC(=O)CN1CCN(Cc2cc(=O)n3ccccc3n2)CC1. The minimum Gasteiger partial charge on any atom is -0.325 e. The predicted octanol–water partition coefficient (Wildman–Crippen LogP) is 1.76. The molecular formula is C22H25N5O2. The number of hydrogen-bond donors (Lipinski definition) is 1. The van der Waals surface area contributed by atoms with Crippen molar-refractivity contribution in [2.24, 2.45) is 0 Å². The first-order chi connectivity index (χ1) is 14.1. The molecule has 0 radical (unpaired) electrons. The molecule has 1 aromatic carbocycles. The smallest absolute Gasteiger partial charge is 0.258 e. The summed E-state index contributed by atoms with van der Waals surface area (Å²) in [5, 5.41) is 2.99. The van der Waals surface area contributed by atoms with Crippen LogP contribution in [0, 0.1) is 6.92 Å². The third kappa shape index (κ3) is 4.70. The minimum atomic E-state index is -0.0582. The van der Waals surface area contributed by atoms with E-state index in [2.05, 4.69) is 20.1 Å². The molecule has 3 heterocycles. The van der Waals surface area contributed by atoms with Crippen LogP contribution in [0.2, 0.25) is 0 Å². The number of nitrogens with zero attached hydrogens (tertiary/aromatic N) is 4. The molecule has 0 aliphatic carbocycles. The van der Waals surface area contributed by atoms with E-state index in [1.165, 1.54) is 0 Å². The van der Waals surface area contributed by atoms with Gasteiger partial charge in [0.25, 0.3) is 5.56 Å². The van der Waals surface area contributed by atoms with E-state index >= 15 is 0 Å². The van der Waals surface area contributed by atoms with Crippen LogP contribution in [0.25, 0.3) is 5.65 Å². The summed E-state index contributed by atoms with van der Waals surface area (Å²) in [6, 6.07) is 14.9. The van der Waals surface area contributed by atoms with E-state index in [1.54, 1.807) is 16.7 Å². The molecule has 2 aromatic heterocycles. The van der Waals surface area contributed by atoms with E-state index in [9.17, 15) is 9.59 Å². The van der Waals surface area contributed by atoms with Crippen LogP contribution < -0.4 is 10.9 Å². The summed E-state index contributed by atoms with van der Waals surface area (Å²) in [4.78, 5) is 33.6. The molecular weight excluding hydrogens is 366 g/mol. The van der Waals surface area contributed by atoms with E-state index in [0.717, 1.165) is 43.1 Å². The lowest BCUT2D eigenvalue weighted by Gasteiger charge is -2.34. The van der Waals surface area contributed by atoms with Gasteiger partial charge in [-0.05, 0) is 30.7 Å². The van der Waals surface area contributed by atoms with E-state index in [-0.39, 0.29) is 11.5 Å². The van der Waals surface area contributed by atoms with Gasteiger partial charge in [0.1, 0.15) is 5.65 Å². The van der Waals surface area contributed by atoms with Gasteiger partial charge in [0.05, 0.1) is 12.2 Å². The zero-order valence-electron chi connectivity index (χ0n) is 16.5. The summed E-state index contributed by atoms with van der Waals surface area (Å²) >= 11 is 0. The number of piperazine rings is 1. The lowest BCUT2D eigenvalue weighted by atomic mass is 10.2. The van der Waals surface area contributed by atoms with Crippen molar-refractivity contribution in [1.29, 1.82) is 0 Å². The van der Waals surface area contributed by atoms with Crippen LogP contribution in [0.3, 0.4) is 0 Å². The van der Waals surface area contributed by atoms with Gasteiger partial charge in [-0.25, -0.2) is 4.98 Å². The fraction of sp³-hybridized carbons (Fsp3) is 0.318. The summed E-state index contributed by atoms with van der Waals surface area (Å²) in [6.07, 6.45) is 1.73. The number of nitrogens with one attached hydrogen (secondary N) is 1. The summed E-state index contributed by atoms with van der Waals surface area (Å²) in [7, 11) is 0. The number of carbonyl (C=O) groups is 1. The number of aryl methyl sites for hydroxylation is 1. The number of rotatable bonds is 5. The Kier molecular flexibility index (Phi) is 5.69. The molecule has 0 bridgehead atoms. The van der Waals surface area contributed by atoms with Gasteiger partial charge in [-0.1, -0.05) is 24.3 Å². The monoisotopic (exact) mass is 391 g/mol. The molecule has 150 valence electrons. The van der Waals surface area contributed by atoms with Crippen molar-refractivity contribution >= 4 is 17.2 Å². The number of pyridine rings is 1. The first-order valence-corrected chi connectivity index (χ1v) is 9.86. The van der Waals surface area contributed by atoms with Crippen molar-refractivity contribution < 1.29 is 4.79 Å². The summed E-state index contributed by atoms with van der Waals surface area (Å²) < 4.78 is 1.55.